The molecule has 0 aliphatic heterocycles. The van der Waals surface area contributed by atoms with Crippen molar-refractivity contribution in [3.63, 3.8) is 0 Å². The van der Waals surface area contributed by atoms with E-state index in [9.17, 15) is 4.57 Å². The first-order valence-corrected chi connectivity index (χ1v) is 6.31. The summed E-state index contributed by atoms with van der Waals surface area (Å²) < 4.78 is 16.5. The Morgan fingerprint density at radius 3 is 2.33 bits per heavy atom. The molecule has 0 spiro atoms. The zero-order chi connectivity index (χ0) is 9.45. The van der Waals surface area contributed by atoms with Gasteiger partial charge in [-0.2, -0.15) is 0 Å². The summed E-state index contributed by atoms with van der Waals surface area (Å²) in [6.07, 6.45) is 1.43. The van der Waals surface area contributed by atoms with Crippen molar-refractivity contribution in [1.29, 1.82) is 0 Å². The molecule has 0 bridgehead atoms. The van der Waals surface area contributed by atoms with Crippen LogP contribution in [0, 0.1) is 0 Å². The molecular weight excluding hydrogens is 179 g/mol. The zero-order valence-electron chi connectivity index (χ0n) is 7.40. The molecule has 0 heterocycles. The Labute approximate surface area is 73.0 Å². The lowest BCUT2D eigenvalue weighted by atomic mass is 10.5. The monoisotopic (exact) mass is 196 g/mol. The first-order valence-electron chi connectivity index (χ1n) is 4.05. The highest BCUT2D eigenvalue weighted by Gasteiger charge is 2.14. The largest absolute Gasteiger partial charge is 0.396 e. The molecule has 0 aromatic heterocycles. The Morgan fingerprint density at radius 1 is 1.25 bits per heavy atom. The van der Waals surface area contributed by atoms with Gasteiger partial charge in [0.25, 0.3) is 0 Å². The smallest absolute Gasteiger partial charge is 0.200 e. The minimum atomic E-state index is -2.51. The molecule has 5 heteroatoms. The zero-order valence-corrected chi connectivity index (χ0v) is 8.30. The van der Waals surface area contributed by atoms with Crippen molar-refractivity contribution in [3.05, 3.63) is 0 Å². The third-order valence-corrected chi connectivity index (χ3v) is 3.25. The van der Waals surface area contributed by atoms with Crippen molar-refractivity contribution in [2.75, 3.05) is 32.6 Å². The van der Waals surface area contributed by atoms with Gasteiger partial charge in [-0.1, -0.05) is 0 Å². The molecular formula is C7H17O4P. The lowest BCUT2D eigenvalue weighted by Crippen LogP contribution is -1.99. The first kappa shape index (κ1) is 12.1. The van der Waals surface area contributed by atoms with Crippen molar-refractivity contribution >= 4 is 7.37 Å². The molecule has 2 N–H and O–H groups in total. The van der Waals surface area contributed by atoms with Crippen LogP contribution in [0.15, 0.2) is 0 Å². The standard InChI is InChI=1S/C7H17O4P/c1-12(10,7-3-5-9)11-6-2-4-8/h8-9H,2-7H2,1H3. The number of aliphatic hydroxyl groups excluding tert-OH is 2. The fraction of sp³-hybridized carbons (Fsp3) is 1.00. The van der Waals surface area contributed by atoms with Crippen LogP contribution in [-0.2, 0) is 9.09 Å². The third kappa shape index (κ3) is 6.80. The van der Waals surface area contributed by atoms with Gasteiger partial charge >= 0.3 is 0 Å². The van der Waals surface area contributed by atoms with Crippen molar-refractivity contribution in [3.8, 4) is 0 Å². The first-order chi connectivity index (χ1) is 5.62. The molecule has 0 aromatic carbocycles. The van der Waals surface area contributed by atoms with Crippen LogP contribution in [0.2, 0.25) is 0 Å². The molecule has 1 atom stereocenters. The van der Waals surface area contributed by atoms with Gasteiger partial charge in [-0.3, -0.25) is 4.57 Å². The average molecular weight is 196 g/mol. The van der Waals surface area contributed by atoms with E-state index in [4.69, 9.17) is 14.7 Å². The summed E-state index contributed by atoms with van der Waals surface area (Å²) in [6, 6.07) is 0. The second-order valence-corrected chi connectivity index (χ2v) is 5.46. The predicted molar refractivity (Wildman–Crippen MR) is 47.8 cm³/mol. The summed E-state index contributed by atoms with van der Waals surface area (Å²) >= 11 is 0. The molecule has 0 radical (unpaired) electrons. The molecule has 0 rings (SSSR count). The van der Waals surface area contributed by atoms with Gasteiger partial charge in [0.2, 0.25) is 0 Å². The van der Waals surface area contributed by atoms with Crippen LogP contribution in [0.25, 0.3) is 0 Å². The SMILES string of the molecule is CP(=O)(CCCO)OCCCO. The minimum Gasteiger partial charge on any atom is -0.396 e. The summed E-state index contributed by atoms with van der Waals surface area (Å²) in [4.78, 5) is 0. The lowest BCUT2D eigenvalue weighted by molar-refractivity contribution is 0.234. The maximum absolute atomic E-state index is 11.4. The van der Waals surface area contributed by atoms with Crippen molar-refractivity contribution < 1.29 is 19.3 Å². The normalized spacial score (nSPS) is 15.9. The third-order valence-electron chi connectivity index (χ3n) is 1.39. The Morgan fingerprint density at radius 2 is 1.83 bits per heavy atom. The predicted octanol–water partition coefficient (Wildman–Crippen LogP) is 0.676. The molecule has 0 aliphatic carbocycles. The van der Waals surface area contributed by atoms with Gasteiger partial charge in [-0.15, -0.1) is 0 Å². The van der Waals surface area contributed by atoms with Crippen molar-refractivity contribution in [1.82, 2.24) is 0 Å². The second kappa shape index (κ2) is 6.61. The van der Waals surface area contributed by atoms with Gasteiger partial charge in [0, 0.05) is 26.0 Å². The topological polar surface area (TPSA) is 66.8 Å². The number of hydrogen-bond acceptors (Lipinski definition) is 4. The Balaban J connectivity index is 3.49. The molecule has 1 unspecified atom stereocenters. The average Bonchev–Trinajstić information content (AvgIpc) is 2.01. The van der Waals surface area contributed by atoms with Gasteiger partial charge in [0.05, 0.1) is 6.61 Å². The summed E-state index contributed by atoms with van der Waals surface area (Å²) in [6.45, 7) is 1.98. The van der Waals surface area contributed by atoms with Crippen LogP contribution in [0.1, 0.15) is 12.8 Å². The maximum Gasteiger partial charge on any atom is 0.200 e. The Hall–Kier alpha value is 0.110. The van der Waals surface area contributed by atoms with Gasteiger partial charge < -0.3 is 14.7 Å². The maximum atomic E-state index is 11.4. The molecule has 0 saturated carbocycles. The van der Waals surface area contributed by atoms with Crippen molar-refractivity contribution in [2.45, 2.75) is 12.8 Å². The molecule has 0 aromatic rings. The summed E-state index contributed by atoms with van der Waals surface area (Å²) in [5, 5.41) is 16.9. The molecule has 12 heavy (non-hydrogen) atoms. The van der Waals surface area contributed by atoms with E-state index in [-0.39, 0.29) is 13.2 Å². The quantitative estimate of drug-likeness (QED) is 0.464. The summed E-state index contributed by atoms with van der Waals surface area (Å²) in [5.74, 6) is 0. The van der Waals surface area contributed by atoms with E-state index in [1.165, 1.54) is 0 Å². The van der Waals surface area contributed by atoms with E-state index < -0.39 is 7.37 Å². The summed E-state index contributed by atoms with van der Waals surface area (Å²) in [5.41, 5.74) is 0. The number of hydrogen-bond donors (Lipinski definition) is 2. The van der Waals surface area contributed by atoms with Gasteiger partial charge in [0.15, 0.2) is 7.37 Å². The Bertz CT molecular complexity index is 148. The van der Waals surface area contributed by atoms with Crippen LogP contribution in [0.4, 0.5) is 0 Å². The Kier molecular flexibility index (Phi) is 6.67. The van der Waals surface area contributed by atoms with Gasteiger partial charge in [-0.25, -0.2) is 0 Å². The van der Waals surface area contributed by atoms with E-state index in [0.717, 1.165) is 0 Å². The van der Waals surface area contributed by atoms with Crippen LogP contribution in [0.3, 0.4) is 0 Å². The summed E-state index contributed by atoms with van der Waals surface area (Å²) in [7, 11) is -2.51. The molecule has 0 saturated heterocycles. The van der Waals surface area contributed by atoms with E-state index in [0.29, 0.717) is 25.6 Å². The lowest BCUT2D eigenvalue weighted by Gasteiger charge is -2.12. The van der Waals surface area contributed by atoms with E-state index in [1.807, 2.05) is 0 Å². The van der Waals surface area contributed by atoms with Crippen LogP contribution in [0.5, 0.6) is 0 Å². The molecule has 0 fully saturated rings. The fourth-order valence-corrected chi connectivity index (χ4v) is 2.10. The van der Waals surface area contributed by atoms with Crippen LogP contribution in [-0.4, -0.2) is 42.9 Å². The number of aliphatic hydroxyl groups is 2. The van der Waals surface area contributed by atoms with Crippen LogP contribution < -0.4 is 0 Å². The van der Waals surface area contributed by atoms with E-state index in [1.54, 1.807) is 6.66 Å². The second-order valence-electron chi connectivity index (χ2n) is 2.73. The molecule has 74 valence electrons. The van der Waals surface area contributed by atoms with Crippen LogP contribution >= 0.6 is 7.37 Å². The molecule has 0 aliphatic rings. The highest BCUT2D eigenvalue weighted by Crippen LogP contribution is 2.42. The highest BCUT2D eigenvalue weighted by molar-refractivity contribution is 7.58. The molecule has 4 nitrogen and oxygen atoms in total. The number of rotatable bonds is 7. The van der Waals surface area contributed by atoms with Gasteiger partial charge in [-0.05, 0) is 12.8 Å². The van der Waals surface area contributed by atoms with Gasteiger partial charge in [0.1, 0.15) is 0 Å². The minimum absolute atomic E-state index is 0.0428. The van der Waals surface area contributed by atoms with Crippen molar-refractivity contribution in [2.24, 2.45) is 0 Å². The molecule has 0 amide bonds. The fourth-order valence-electron chi connectivity index (χ4n) is 0.745. The van der Waals surface area contributed by atoms with E-state index >= 15 is 0 Å². The highest BCUT2D eigenvalue weighted by atomic mass is 31.2. The van der Waals surface area contributed by atoms with E-state index in [2.05, 4.69) is 0 Å².